The van der Waals surface area contributed by atoms with E-state index in [0.29, 0.717) is 17.8 Å². The van der Waals surface area contributed by atoms with Crippen LogP contribution in [0.15, 0.2) is 24.3 Å². The van der Waals surface area contributed by atoms with Crippen LogP contribution in [-0.2, 0) is 4.79 Å². The number of para-hydroxylation sites is 1. The topological polar surface area (TPSA) is 73.8 Å². The van der Waals surface area contributed by atoms with Crippen LogP contribution in [0.5, 0.6) is 0 Å². The maximum Gasteiger partial charge on any atom is 0.427 e. The molecule has 0 aromatic heterocycles. The maximum atomic E-state index is 12.0. The van der Waals surface area contributed by atoms with E-state index in [2.05, 4.69) is 4.79 Å². The fourth-order valence-corrected chi connectivity index (χ4v) is 1.99. The van der Waals surface area contributed by atoms with Gasteiger partial charge in [-0.25, -0.2) is 0 Å². The minimum absolute atomic E-state index is 0.404. The van der Waals surface area contributed by atoms with Crippen molar-refractivity contribution in [2.24, 2.45) is 0 Å². The maximum absolute atomic E-state index is 12.0. The number of ketones is 1. The van der Waals surface area contributed by atoms with Gasteiger partial charge in [-0.1, -0.05) is 25.5 Å². The van der Waals surface area contributed by atoms with Crippen LogP contribution in [0.2, 0.25) is 0 Å². The molecule has 1 heterocycles. The Morgan fingerprint density at radius 1 is 1.28 bits per heavy atom. The van der Waals surface area contributed by atoms with Crippen LogP contribution in [0, 0.1) is 0 Å². The van der Waals surface area contributed by atoms with Gasteiger partial charge in [-0.3, -0.25) is 9.59 Å². The highest BCUT2D eigenvalue weighted by Gasteiger charge is 2.42. The highest BCUT2D eigenvalue weighted by molar-refractivity contribution is 6.71. The third-order valence-electron chi connectivity index (χ3n) is 2.94. The number of carbonyl (C=O) groups is 2. The molecular formula is C13H13N3O2. The molecule has 1 amide bonds. The summed E-state index contributed by atoms with van der Waals surface area (Å²) in [5, 5.41) is 0. The van der Waals surface area contributed by atoms with E-state index in [1.807, 2.05) is 6.92 Å². The number of unbranched alkanes of at least 4 members (excludes halogenated alkanes) is 1. The normalized spacial score (nSPS) is 14.5. The first-order valence-corrected chi connectivity index (χ1v) is 5.88. The number of fused-ring (bicyclic) bond motifs is 1. The number of amides is 1. The molecule has 0 atom stereocenters. The lowest BCUT2D eigenvalue weighted by Crippen LogP contribution is -2.46. The Balaban J connectivity index is 2.53. The molecule has 92 valence electrons. The molecule has 1 aromatic rings. The Morgan fingerprint density at radius 2 is 2.00 bits per heavy atom. The molecule has 0 N–H and O–H groups in total. The zero-order chi connectivity index (χ0) is 13.1. The van der Waals surface area contributed by atoms with E-state index < -0.39 is 17.4 Å². The molecule has 1 aliphatic rings. The standard InChI is InChI=1S/C13H13N3O2/c1-2-3-8-16-10-7-5-4-6-9(10)12(17)11(15-14)13(16)18/h4-7H,2-3,8H2,1H3. The lowest BCUT2D eigenvalue weighted by molar-refractivity contribution is -0.116. The lowest BCUT2D eigenvalue weighted by atomic mass is 9.98. The molecule has 5 nitrogen and oxygen atoms in total. The molecule has 2 rings (SSSR count). The molecule has 0 fully saturated rings. The van der Waals surface area contributed by atoms with Crippen LogP contribution < -0.4 is 4.90 Å². The average Bonchev–Trinajstić information content (AvgIpc) is 2.39. The molecule has 1 aromatic carbocycles. The zero-order valence-electron chi connectivity index (χ0n) is 10.1. The van der Waals surface area contributed by atoms with Gasteiger partial charge >= 0.3 is 11.6 Å². The van der Waals surface area contributed by atoms with Gasteiger partial charge in [0.1, 0.15) is 0 Å². The molecule has 5 heteroatoms. The molecule has 0 aliphatic carbocycles. The predicted molar refractivity (Wildman–Crippen MR) is 66.7 cm³/mol. The zero-order valence-corrected chi connectivity index (χ0v) is 10.1. The van der Waals surface area contributed by atoms with Crippen molar-refractivity contribution in [3.8, 4) is 0 Å². The summed E-state index contributed by atoms with van der Waals surface area (Å²) in [6, 6.07) is 6.86. The van der Waals surface area contributed by atoms with E-state index in [9.17, 15) is 9.59 Å². The minimum atomic E-state index is -0.533. The largest absolute Gasteiger partial charge is 0.427 e. The van der Waals surface area contributed by atoms with Crippen LogP contribution >= 0.6 is 0 Å². The van der Waals surface area contributed by atoms with Gasteiger partial charge in [0.2, 0.25) is 0 Å². The van der Waals surface area contributed by atoms with Crippen molar-refractivity contribution in [3.05, 3.63) is 35.4 Å². The fourth-order valence-electron chi connectivity index (χ4n) is 1.99. The number of hydrogen-bond donors (Lipinski definition) is 0. The second-order valence-corrected chi connectivity index (χ2v) is 4.11. The SMILES string of the molecule is CCCCN1C(=O)C(=[N+]=[N-])C(=O)c2ccccc21. The van der Waals surface area contributed by atoms with Gasteiger partial charge in [0.15, 0.2) is 0 Å². The highest BCUT2D eigenvalue weighted by atomic mass is 16.2. The van der Waals surface area contributed by atoms with E-state index in [1.165, 1.54) is 4.90 Å². The molecule has 0 saturated heterocycles. The van der Waals surface area contributed by atoms with Crippen LogP contribution in [0.3, 0.4) is 0 Å². The van der Waals surface area contributed by atoms with Crippen LogP contribution in [0.25, 0.3) is 5.53 Å². The summed E-state index contributed by atoms with van der Waals surface area (Å²) in [7, 11) is 0. The molecular weight excluding hydrogens is 230 g/mol. The summed E-state index contributed by atoms with van der Waals surface area (Å²) in [5.41, 5.74) is 9.40. The van der Waals surface area contributed by atoms with Crippen LogP contribution in [-0.4, -0.2) is 28.7 Å². The summed E-state index contributed by atoms with van der Waals surface area (Å²) in [6.07, 6.45) is 1.76. The van der Waals surface area contributed by atoms with Crippen molar-refractivity contribution >= 4 is 23.1 Å². The molecule has 18 heavy (non-hydrogen) atoms. The minimum Gasteiger partial charge on any atom is -0.360 e. The van der Waals surface area contributed by atoms with E-state index in [0.717, 1.165) is 12.8 Å². The van der Waals surface area contributed by atoms with Crippen molar-refractivity contribution in [2.45, 2.75) is 19.8 Å². The second kappa shape index (κ2) is 4.94. The molecule has 0 bridgehead atoms. The number of carbonyl (C=O) groups excluding carboxylic acids is 2. The van der Waals surface area contributed by atoms with Crippen LogP contribution in [0.1, 0.15) is 30.1 Å². The average molecular weight is 243 g/mol. The van der Waals surface area contributed by atoms with Crippen molar-refractivity contribution in [1.82, 2.24) is 0 Å². The monoisotopic (exact) mass is 243 g/mol. The van der Waals surface area contributed by atoms with Gasteiger partial charge in [-0.05, 0) is 18.6 Å². The first kappa shape index (κ1) is 12.2. The molecule has 0 unspecified atom stereocenters. The Kier molecular flexibility index (Phi) is 3.35. The van der Waals surface area contributed by atoms with Crippen LogP contribution in [0.4, 0.5) is 5.69 Å². The quantitative estimate of drug-likeness (QED) is 0.598. The predicted octanol–water partition coefficient (Wildman–Crippen LogP) is 1.69. The number of Topliss-reactive ketones (excluding diaryl/α,β-unsaturated/α-hetero) is 1. The van der Waals surface area contributed by atoms with Crippen molar-refractivity contribution < 1.29 is 14.4 Å². The summed E-state index contributed by atoms with van der Waals surface area (Å²) in [6.45, 7) is 2.53. The second-order valence-electron chi connectivity index (χ2n) is 4.11. The van der Waals surface area contributed by atoms with Gasteiger partial charge in [0.25, 0.3) is 5.78 Å². The van der Waals surface area contributed by atoms with Gasteiger partial charge in [-0.2, -0.15) is 4.79 Å². The summed E-state index contributed by atoms with van der Waals surface area (Å²) >= 11 is 0. The van der Waals surface area contributed by atoms with Gasteiger partial charge in [0, 0.05) is 6.54 Å². The highest BCUT2D eigenvalue weighted by Crippen LogP contribution is 2.26. The van der Waals surface area contributed by atoms with Gasteiger partial charge in [0.05, 0.1) is 11.3 Å². The third-order valence-corrected chi connectivity index (χ3v) is 2.94. The first-order valence-electron chi connectivity index (χ1n) is 5.88. The van der Waals surface area contributed by atoms with Gasteiger partial charge < -0.3 is 10.4 Å². The number of rotatable bonds is 3. The summed E-state index contributed by atoms with van der Waals surface area (Å²) < 4.78 is 0. The van der Waals surface area contributed by atoms with Crippen molar-refractivity contribution in [2.75, 3.05) is 11.4 Å². The smallest absolute Gasteiger partial charge is 0.360 e. The Labute approximate surface area is 105 Å². The molecule has 0 radical (unpaired) electrons. The van der Waals surface area contributed by atoms with Gasteiger partial charge in [-0.15, -0.1) is 0 Å². The number of benzene rings is 1. The van der Waals surface area contributed by atoms with E-state index >= 15 is 0 Å². The first-order chi connectivity index (χ1) is 8.70. The fraction of sp³-hybridized carbons (Fsp3) is 0.308. The van der Waals surface area contributed by atoms with Crippen molar-refractivity contribution in [3.63, 3.8) is 0 Å². The van der Waals surface area contributed by atoms with E-state index in [1.54, 1.807) is 24.3 Å². The summed E-state index contributed by atoms with van der Waals surface area (Å²) in [5.74, 6) is -1.06. The summed E-state index contributed by atoms with van der Waals surface area (Å²) in [4.78, 5) is 28.3. The van der Waals surface area contributed by atoms with Crippen molar-refractivity contribution in [1.29, 1.82) is 0 Å². The Hall–Kier alpha value is -2.26. The third kappa shape index (κ3) is 1.85. The molecule has 0 spiro atoms. The molecule has 1 aliphatic heterocycles. The Bertz CT molecular complexity index is 559. The van der Waals surface area contributed by atoms with E-state index in [-0.39, 0.29) is 0 Å². The Morgan fingerprint density at radius 3 is 2.67 bits per heavy atom. The number of hydrogen-bond acceptors (Lipinski definition) is 2. The van der Waals surface area contributed by atoms with E-state index in [4.69, 9.17) is 5.53 Å². The number of nitrogens with zero attached hydrogens (tertiary/aromatic N) is 3. The number of anilines is 1. The molecule has 0 saturated carbocycles. The lowest BCUT2D eigenvalue weighted by Gasteiger charge is -2.25.